The first kappa shape index (κ1) is 13.7. The highest BCUT2D eigenvalue weighted by Crippen LogP contribution is 2.24. The zero-order valence-electron chi connectivity index (χ0n) is 10.4. The number of nitrogens with zero attached hydrogens (tertiary/aromatic N) is 2. The van der Waals surface area contributed by atoms with Crippen molar-refractivity contribution in [2.75, 3.05) is 0 Å². The molecule has 0 radical (unpaired) electrons. The number of hydrogen-bond acceptors (Lipinski definition) is 3. The molecule has 1 aromatic carbocycles. The van der Waals surface area contributed by atoms with Crippen LogP contribution in [-0.4, -0.2) is 21.4 Å². The maximum atomic E-state index is 12.1. The Kier molecular flexibility index (Phi) is 3.94. The summed E-state index contributed by atoms with van der Waals surface area (Å²) in [5.41, 5.74) is 0.780. The molecule has 0 saturated heterocycles. The maximum Gasteiger partial charge on any atom is 0.387 e. The number of alkyl halides is 2. The third-order valence-electron chi connectivity index (χ3n) is 2.56. The zero-order valence-corrected chi connectivity index (χ0v) is 11.2. The van der Waals surface area contributed by atoms with Gasteiger partial charge in [-0.05, 0) is 50.3 Å². The van der Waals surface area contributed by atoms with Crippen LogP contribution >= 0.6 is 12.2 Å². The molecule has 0 saturated carbocycles. The van der Waals surface area contributed by atoms with E-state index >= 15 is 0 Å². The second kappa shape index (κ2) is 5.48. The fourth-order valence-electron chi connectivity index (χ4n) is 1.77. The van der Waals surface area contributed by atoms with E-state index in [0.29, 0.717) is 10.6 Å². The molecular formula is C12H13F2N3OS. The summed E-state index contributed by atoms with van der Waals surface area (Å²) in [5.74, 6) is 0.785. The lowest BCUT2D eigenvalue weighted by Crippen LogP contribution is -2.04. The Balaban J connectivity index is 2.35. The molecule has 0 aliphatic heterocycles. The number of rotatable bonds is 4. The van der Waals surface area contributed by atoms with E-state index in [0.717, 1.165) is 5.56 Å². The Hall–Kier alpha value is -1.76. The molecule has 0 spiro atoms. The molecule has 0 aliphatic carbocycles. The number of ether oxygens (including phenoxy) is 1. The number of nitrogens with one attached hydrogen (secondary N) is 1. The number of halogens is 2. The fraction of sp³-hybridized carbons (Fsp3) is 0.333. The predicted octanol–water partition coefficient (Wildman–Crippen LogP) is 3.79. The van der Waals surface area contributed by atoms with Crippen LogP contribution in [0.5, 0.6) is 5.75 Å². The first-order valence-electron chi connectivity index (χ1n) is 5.71. The highest BCUT2D eigenvalue weighted by molar-refractivity contribution is 7.71. The summed E-state index contributed by atoms with van der Waals surface area (Å²) in [6.07, 6.45) is 0. The first-order chi connectivity index (χ1) is 8.99. The van der Waals surface area contributed by atoms with Crippen LogP contribution in [0, 0.1) is 4.77 Å². The molecule has 19 heavy (non-hydrogen) atoms. The van der Waals surface area contributed by atoms with E-state index in [1.807, 2.05) is 18.4 Å². The van der Waals surface area contributed by atoms with E-state index in [9.17, 15) is 8.78 Å². The quantitative estimate of drug-likeness (QED) is 0.869. The third kappa shape index (κ3) is 2.98. The molecule has 0 atom stereocenters. The highest BCUT2D eigenvalue weighted by Gasteiger charge is 2.12. The lowest BCUT2D eigenvalue weighted by Gasteiger charge is -2.10. The van der Waals surface area contributed by atoms with Crippen LogP contribution in [0.3, 0.4) is 0 Å². The molecule has 0 bridgehead atoms. The Morgan fingerprint density at radius 1 is 1.26 bits per heavy atom. The summed E-state index contributed by atoms with van der Waals surface area (Å²) in [4.78, 5) is 0. The first-order valence-corrected chi connectivity index (χ1v) is 6.12. The van der Waals surface area contributed by atoms with E-state index in [-0.39, 0.29) is 11.8 Å². The van der Waals surface area contributed by atoms with Gasteiger partial charge in [-0.15, -0.1) is 0 Å². The summed E-state index contributed by atoms with van der Waals surface area (Å²) < 4.78 is 30.8. The lowest BCUT2D eigenvalue weighted by molar-refractivity contribution is -0.0498. The largest absolute Gasteiger partial charge is 0.435 e. The summed E-state index contributed by atoms with van der Waals surface area (Å²) in [6.45, 7) is 1.16. The molecule has 2 rings (SSSR count). The number of aromatic nitrogens is 3. The molecule has 102 valence electrons. The number of benzene rings is 1. The van der Waals surface area contributed by atoms with Crippen LogP contribution < -0.4 is 4.74 Å². The molecule has 4 nitrogen and oxygen atoms in total. The molecule has 1 N–H and O–H groups in total. The Morgan fingerprint density at radius 3 is 2.42 bits per heavy atom. The maximum absolute atomic E-state index is 12.1. The van der Waals surface area contributed by atoms with Gasteiger partial charge in [0.15, 0.2) is 10.6 Å². The van der Waals surface area contributed by atoms with Gasteiger partial charge in [0.25, 0.3) is 0 Å². The van der Waals surface area contributed by atoms with Gasteiger partial charge in [-0.3, -0.25) is 9.67 Å². The predicted molar refractivity (Wildman–Crippen MR) is 69.9 cm³/mol. The number of aromatic amines is 1. The van der Waals surface area contributed by atoms with E-state index in [4.69, 9.17) is 12.2 Å². The van der Waals surface area contributed by atoms with Crippen molar-refractivity contribution >= 4 is 12.2 Å². The van der Waals surface area contributed by atoms with Crippen LogP contribution in [0.2, 0.25) is 0 Å². The van der Waals surface area contributed by atoms with Gasteiger partial charge in [-0.25, -0.2) is 0 Å². The van der Waals surface area contributed by atoms with Crippen molar-refractivity contribution in [3.8, 4) is 17.1 Å². The average molecular weight is 285 g/mol. The molecule has 1 heterocycles. The minimum absolute atomic E-state index is 0.115. The van der Waals surface area contributed by atoms with E-state index in [1.54, 1.807) is 12.1 Å². The van der Waals surface area contributed by atoms with E-state index in [1.165, 1.54) is 12.1 Å². The van der Waals surface area contributed by atoms with Crippen molar-refractivity contribution in [3.05, 3.63) is 29.0 Å². The summed E-state index contributed by atoms with van der Waals surface area (Å²) >= 11 is 5.15. The van der Waals surface area contributed by atoms with Gasteiger partial charge in [-0.2, -0.15) is 13.9 Å². The van der Waals surface area contributed by atoms with Gasteiger partial charge in [-0.1, -0.05) is 0 Å². The van der Waals surface area contributed by atoms with Gasteiger partial charge in [0.05, 0.1) is 0 Å². The Labute approximate surface area is 114 Å². The Morgan fingerprint density at radius 2 is 1.89 bits per heavy atom. The minimum atomic E-state index is -2.82. The smallest absolute Gasteiger partial charge is 0.387 e. The van der Waals surface area contributed by atoms with Gasteiger partial charge < -0.3 is 4.74 Å². The fourth-order valence-corrected chi connectivity index (χ4v) is 2.12. The Bertz CT molecular complexity index is 604. The summed E-state index contributed by atoms with van der Waals surface area (Å²) in [5, 5.41) is 6.88. The summed E-state index contributed by atoms with van der Waals surface area (Å²) in [7, 11) is 0. The topological polar surface area (TPSA) is 42.8 Å². The standard InChI is InChI=1S/C12H13F2N3OS/c1-7(2)17-10(15-16-12(17)19)8-3-5-9(6-4-8)18-11(13)14/h3-7,11H,1-2H3,(H,16,19). The third-order valence-corrected chi connectivity index (χ3v) is 2.85. The van der Waals surface area contributed by atoms with Crippen LogP contribution in [-0.2, 0) is 0 Å². The van der Waals surface area contributed by atoms with Crippen LogP contribution in [0.15, 0.2) is 24.3 Å². The van der Waals surface area contributed by atoms with Crippen molar-refractivity contribution in [3.63, 3.8) is 0 Å². The van der Waals surface area contributed by atoms with Crippen molar-refractivity contribution in [2.45, 2.75) is 26.5 Å². The molecule has 0 amide bonds. The van der Waals surface area contributed by atoms with Crippen molar-refractivity contribution in [1.29, 1.82) is 0 Å². The van der Waals surface area contributed by atoms with Gasteiger partial charge >= 0.3 is 6.61 Å². The second-order valence-corrected chi connectivity index (χ2v) is 4.61. The van der Waals surface area contributed by atoms with E-state index < -0.39 is 6.61 Å². The van der Waals surface area contributed by atoms with Crippen molar-refractivity contribution in [2.24, 2.45) is 0 Å². The molecule has 0 unspecified atom stereocenters. The van der Waals surface area contributed by atoms with Crippen molar-refractivity contribution < 1.29 is 13.5 Å². The minimum Gasteiger partial charge on any atom is -0.435 e. The molecule has 2 aromatic rings. The zero-order chi connectivity index (χ0) is 14.0. The molecule has 0 aliphatic rings. The lowest BCUT2D eigenvalue weighted by atomic mass is 10.2. The summed E-state index contributed by atoms with van der Waals surface area (Å²) in [6, 6.07) is 6.44. The highest BCUT2D eigenvalue weighted by atomic mass is 32.1. The molecule has 0 fully saturated rings. The second-order valence-electron chi connectivity index (χ2n) is 4.22. The van der Waals surface area contributed by atoms with Gasteiger partial charge in [0, 0.05) is 11.6 Å². The number of H-pyrrole nitrogens is 1. The van der Waals surface area contributed by atoms with Gasteiger partial charge in [0.2, 0.25) is 0 Å². The van der Waals surface area contributed by atoms with Crippen LogP contribution in [0.25, 0.3) is 11.4 Å². The normalized spacial score (nSPS) is 11.3. The average Bonchev–Trinajstić information content (AvgIpc) is 2.71. The molecule has 1 aromatic heterocycles. The SMILES string of the molecule is CC(C)n1c(-c2ccc(OC(F)F)cc2)n[nH]c1=S. The number of hydrogen-bond donors (Lipinski definition) is 1. The van der Waals surface area contributed by atoms with Crippen LogP contribution in [0.4, 0.5) is 8.78 Å². The molecular weight excluding hydrogens is 272 g/mol. The van der Waals surface area contributed by atoms with Crippen LogP contribution in [0.1, 0.15) is 19.9 Å². The van der Waals surface area contributed by atoms with Crippen molar-refractivity contribution in [1.82, 2.24) is 14.8 Å². The monoisotopic (exact) mass is 285 g/mol. The van der Waals surface area contributed by atoms with E-state index in [2.05, 4.69) is 14.9 Å². The molecule has 7 heteroatoms. The van der Waals surface area contributed by atoms with Gasteiger partial charge in [0.1, 0.15) is 5.75 Å².